The van der Waals surface area contributed by atoms with Gasteiger partial charge in [0.2, 0.25) is 5.91 Å². The van der Waals surface area contributed by atoms with Crippen LogP contribution in [-0.2, 0) is 22.6 Å². The molecule has 2 rings (SSSR count). The number of hydrogen-bond donors (Lipinski definition) is 3. The maximum Gasteiger partial charge on any atom is 0.408 e. The molecule has 2 amide bonds. The normalized spacial score (nSPS) is 15.1. The fourth-order valence-corrected chi connectivity index (χ4v) is 3.19. The van der Waals surface area contributed by atoms with E-state index in [4.69, 9.17) is 4.74 Å². The maximum atomic E-state index is 12.0. The van der Waals surface area contributed by atoms with Gasteiger partial charge in [0.1, 0.15) is 5.60 Å². The Labute approximate surface area is 185 Å². The second-order valence-corrected chi connectivity index (χ2v) is 9.53. The number of carbonyl (C=O) groups is 2. The second-order valence-electron chi connectivity index (χ2n) is 9.53. The van der Waals surface area contributed by atoms with Crippen molar-refractivity contribution in [1.29, 1.82) is 0 Å². The Morgan fingerprint density at radius 2 is 1.74 bits per heavy atom. The van der Waals surface area contributed by atoms with Gasteiger partial charge in [-0.05, 0) is 52.2 Å². The zero-order valence-electron chi connectivity index (χ0n) is 19.7. The Bertz CT molecular complexity index is 781. The van der Waals surface area contributed by atoms with E-state index in [1.54, 1.807) is 7.05 Å². The molecule has 172 valence electrons. The number of hydrogen-bond acceptors (Lipinski definition) is 4. The molecule has 1 aromatic rings. The third-order valence-corrected chi connectivity index (χ3v) is 4.79. The zero-order chi connectivity index (χ0) is 23.1. The molecular formula is C23H37N5O3. The number of carbonyl (C=O) groups excluding carboxylic acids is 2. The van der Waals surface area contributed by atoms with Crippen LogP contribution in [0.25, 0.3) is 0 Å². The third-order valence-electron chi connectivity index (χ3n) is 4.79. The topological polar surface area (TPSA) is 95.1 Å². The Kier molecular flexibility index (Phi) is 8.30. The zero-order valence-corrected chi connectivity index (χ0v) is 19.7. The molecule has 0 aromatic heterocycles. The summed E-state index contributed by atoms with van der Waals surface area (Å²) in [6.07, 6.45) is 1.17. The number of likely N-dealkylation sites (tertiary alicyclic amines) is 1. The average Bonchev–Trinajstić information content (AvgIpc) is 3.05. The maximum absolute atomic E-state index is 12.0. The first-order chi connectivity index (χ1) is 14.5. The Balaban J connectivity index is 1.78. The van der Waals surface area contributed by atoms with E-state index < -0.39 is 17.2 Å². The van der Waals surface area contributed by atoms with Crippen molar-refractivity contribution >= 4 is 18.0 Å². The molecule has 8 heteroatoms. The van der Waals surface area contributed by atoms with E-state index in [0.717, 1.165) is 24.1 Å². The van der Waals surface area contributed by atoms with Gasteiger partial charge in [0.05, 0.1) is 5.54 Å². The van der Waals surface area contributed by atoms with Crippen LogP contribution in [0.5, 0.6) is 0 Å². The molecule has 1 fully saturated rings. The van der Waals surface area contributed by atoms with Gasteiger partial charge in [-0.25, -0.2) is 4.79 Å². The highest BCUT2D eigenvalue weighted by atomic mass is 16.6. The van der Waals surface area contributed by atoms with E-state index in [0.29, 0.717) is 32.0 Å². The first kappa shape index (κ1) is 24.5. The quantitative estimate of drug-likeness (QED) is 0.456. The number of nitrogens with zero attached hydrogens (tertiary/aromatic N) is 2. The van der Waals surface area contributed by atoms with Crippen molar-refractivity contribution in [3.05, 3.63) is 35.4 Å². The highest BCUT2D eigenvalue weighted by Crippen LogP contribution is 2.15. The third kappa shape index (κ3) is 8.86. The summed E-state index contributed by atoms with van der Waals surface area (Å²) in [5, 5.41) is 9.39. The minimum atomic E-state index is -0.537. The second kappa shape index (κ2) is 10.5. The van der Waals surface area contributed by atoms with E-state index in [2.05, 4.69) is 45.2 Å². The first-order valence-electron chi connectivity index (χ1n) is 10.8. The molecule has 1 heterocycles. The van der Waals surface area contributed by atoms with E-state index in [1.807, 2.05) is 39.5 Å². The SMILES string of the molecule is CN=C(NCc1ccc(CN2CCCC2=O)cc1)NCC(C)(C)NC(=O)OC(C)(C)C. The van der Waals surface area contributed by atoms with Gasteiger partial charge in [-0.15, -0.1) is 0 Å². The monoisotopic (exact) mass is 431 g/mol. The largest absolute Gasteiger partial charge is 0.444 e. The molecule has 1 aliphatic rings. The Morgan fingerprint density at radius 1 is 1.10 bits per heavy atom. The highest BCUT2D eigenvalue weighted by Gasteiger charge is 2.25. The van der Waals surface area contributed by atoms with Crippen LogP contribution in [-0.4, -0.2) is 54.1 Å². The fraction of sp³-hybridized carbons (Fsp3) is 0.609. The van der Waals surface area contributed by atoms with Gasteiger partial charge in [0.25, 0.3) is 0 Å². The van der Waals surface area contributed by atoms with Gasteiger partial charge in [0, 0.05) is 39.6 Å². The van der Waals surface area contributed by atoms with Gasteiger partial charge in [0.15, 0.2) is 5.96 Å². The van der Waals surface area contributed by atoms with Gasteiger partial charge in [-0.1, -0.05) is 24.3 Å². The van der Waals surface area contributed by atoms with Crippen LogP contribution in [0.3, 0.4) is 0 Å². The molecule has 0 bridgehead atoms. The van der Waals surface area contributed by atoms with Crippen molar-refractivity contribution in [2.75, 3.05) is 20.1 Å². The summed E-state index contributed by atoms with van der Waals surface area (Å²) in [5.41, 5.74) is 1.20. The fourth-order valence-electron chi connectivity index (χ4n) is 3.19. The van der Waals surface area contributed by atoms with E-state index >= 15 is 0 Å². The summed E-state index contributed by atoms with van der Waals surface area (Å²) in [7, 11) is 1.71. The molecule has 0 radical (unpaired) electrons. The number of nitrogens with one attached hydrogen (secondary N) is 3. The lowest BCUT2D eigenvalue weighted by molar-refractivity contribution is -0.128. The number of guanidine groups is 1. The summed E-state index contributed by atoms with van der Waals surface area (Å²) < 4.78 is 5.32. The molecule has 0 unspecified atom stereocenters. The molecule has 0 saturated carbocycles. The van der Waals surface area contributed by atoms with Crippen LogP contribution in [0.2, 0.25) is 0 Å². The van der Waals surface area contributed by atoms with Crippen molar-refractivity contribution in [3.8, 4) is 0 Å². The number of benzene rings is 1. The molecule has 3 N–H and O–H groups in total. The Morgan fingerprint density at radius 3 is 2.29 bits per heavy atom. The molecular weight excluding hydrogens is 394 g/mol. The molecule has 0 atom stereocenters. The van der Waals surface area contributed by atoms with Crippen molar-refractivity contribution in [2.24, 2.45) is 4.99 Å². The summed E-state index contributed by atoms with van der Waals surface area (Å²) in [5.74, 6) is 0.885. The molecule has 1 aromatic carbocycles. The minimum absolute atomic E-state index is 0.240. The number of alkyl carbamates (subject to hydrolysis) is 1. The van der Waals surface area contributed by atoms with Gasteiger partial charge < -0.3 is 25.6 Å². The van der Waals surface area contributed by atoms with Crippen LogP contribution in [0.15, 0.2) is 29.3 Å². The van der Waals surface area contributed by atoms with Crippen LogP contribution in [0.4, 0.5) is 4.79 Å². The number of ether oxygens (including phenoxy) is 1. The molecule has 0 aliphatic carbocycles. The van der Waals surface area contributed by atoms with Crippen LogP contribution >= 0.6 is 0 Å². The number of amides is 2. The van der Waals surface area contributed by atoms with Crippen LogP contribution in [0.1, 0.15) is 58.6 Å². The smallest absolute Gasteiger partial charge is 0.408 e. The highest BCUT2D eigenvalue weighted by molar-refractivity contribution is 5.80. The molecule has 31 heavy (non-hydrogen) atoms. The van der Waals surface area contributed by atoms with Crippen LogP contribution in [0, 0.1) is 0 Å². The standard InChI is InChI=1S/C23H37N5O3/c1-22(2,3)31-21(30)27-23(4,5)16-26-20(24-6)25-14-17-9-11-18(12-10-17)15-28-13-7-8-19(28)29/h9-12H,7-8,13-16H2,1-6H3,(H,27,30)(H2,24,25,26). The summed E-state index contributed by atoms with van der Waals surface area (Å²) in [4.78, 5) is 30.0. The van der Waals surface area contributed by atoms with Crippen molar-refractivity contribution in [3.63, 3.8) is 0 Å². The van der Waals surface area contributed by atoms with E-state index in [9.17, 15) is 9.59 Å². The molecule has 1 saturated heterocycles. The lowest BCUT2D eigenvalue weighted by atomic mass is 10.1. The van der Waals surface area contributed by atoms with Crippen molar-refractivity contribution < 1.29 is 14.3 Å². The van der Waals surface area contributed by atoms with E-state index in [-0.39, 0.29) is 5.91 Å². The Hall–Kier alpha value is -2.77. The van der Waals surface area contributed by atoms with Crippen molar-refractivity contribution in [2.45, 2.75) is 71.7 Å². The molecule has 0 spiro atoms. The predicted octanol–water partition coefficient (Wildman–Crippen LogP) is 2.78. The molecule has 8 nitrogen and oxygen atoms in total. The molecule has 1 aliphatic heterocycles. The van der Waals surface area contributed by atoms with Gasteiger partial charge in [-0.2, -0.15) is 0 Å². The minimum Gasteiger partial charge on any atom is -0.444 e. The van der Waals surface area contributed by atoms with Crippen LogP contribution < -0.4 is 16.0 Å². The average molecular weight is 432 g/mol. The first-order valence-corrected chi connectivity index (χ1v) is 10.8. The lowest BCUT2D eigenvalue weighted by Gasteiger charge is -2.29. The summed E-state index contributed by atoms with van der Waals surface area (Å²) >= 11 is 0. The predicted molar refractivity (Wildman–Crippen MR) is 123 cm³/mol. The van der Waals surface area contributed by atoms with Gasteiger partial charge in [-0.3, -0.25) is 9.79 Å². The summed E-state index contributed by atoms with van der Waals surface area (Å²) in [6, 6.07) is 8.24. The van der Waals surface area contributed by atoms with Crippen molar-refractivity contribution in [1.82, 2.24) is 20.9 Å². The van der Waals surface area contributed by atoms with Gasteiger partial charge >= 0.3 is 6.09 Å². The van der Waals surface area contributed by atoms with E-state index in [1.165, 1.54) is 0 Å². The lowest BCUT2D eigenvalue weighted by Crippen LogP contribution is -2.54. The number of rotatable bonds is 7. The summed E-state index contributed by atoms with van der Waals surface area (Å²) in [6.45, 7) is 12.0. The number of aliphatic imine (C=N–C) groups is 1.